The molecule has 0 heterocycles. The molecule has 0 unspecified atom stereocenters. The van der Waals surface area contributed by atoms with Crippen molar-refractivity contribution in [1.29, 1.82) is 0 Å². The van der Waals surface area contributed by atoms with E-state index in [-0.39, 0.29) is 17.9 Å². The summed E-state index contributed by atoms with van der Waals surface area (Å²) in [5.41, 5.74) is 0.0535. The molecule has 0 saturated heterocycles. The molecule has 0 fully saturated rings. The third-order valence-corrected chi connectivity index (χ3v) is 4.05. The molecule has 8 heteroatoms. The molecule has 1 aromatic rings. The highest BCUT2D eigenvalue weighted by molar-refractivity contribution is 5.93. The highest BCUT2D eigenvalue weighted by Crippen LogP contribution is 2.31. The van der Waals surface area contributed by atoms with Crippen LogP contribution in [0, 0.1) is 0 Å². The van der Waals surface area contributed by atoms with Crippen LogP contribution in [0.4, 0.5) is 4.79 Å². The maximum atomic E-state index is 12.0. The van der Waals surface area contributed by atoms with Crippen LogP contribution in [-0.4, -0.2) is 33.0 Å². The Morgan fingerprint density at radius 3 is 2.18 bits per heavy atom. The number of para-hydroxylation sites is 1. The number of ether oxygens (including phenoxy) is 3. The van der Waals surface area contributed by atoms with E-state index in [4.69, 9.17) is 14.2 Å². The fourth-order valence-electron chi connectivity index (χ4n) is 2.58. The number of hydrogen-bond acceptors (Lipinski definition) is 8. The van der Waals surface area contributed by atoms with Crippen molar-refractivity contribution in [3.63, 3.8) is 0 Å². The van der Waals surface area contributed by atoms with Crippen molar-refractivity contribution in [1.82, 2.24) is 0 Å². The lowest BCUT2D eigenvalue weighted by Crippen LogP contribution is -2.13. The lowest BCUT2D eigenvalue weighted by Gasteiger charge is -2.10. The van der Waals surface area contributed by atoms with Gasteiger partial charge in [0.2, 0.25) is 0 Å². The fraction of sp³-hybridized carbons (Fsp3) is 0.600. The third kappa shape index (κ3) is 8.94. The second-order valence-corrected chi connectivity index (χ2v) is 6.14. The summed E-state index contributed by atoms with van der Waals surface area (Å²) in [6.07, 6.45) is 7.98. The monoisotopic (exact) mass is 398 g/mol. The summed E-state index contributed by atoms with van der Waals surface area (Å²) in [5, 5.41) is 4.20. The van der Waals surface area contributed by atoms with Gasteiger partial charge in [0.15, 0.2) is 11.5 Å². The molecule has 8 nitrogen and oxygen atoms in total. The van der Waals surface area contributed by atoms with E-state index in [1.54, 1.807) is 12.1 Å². The average molecular weight is 398 g/mol. The Hall–Kier alpha value is -2.48. The van der Waals surface area contributed by atoms with E-state index in [1.807, 2.05) is 0 Å². The molecule has 158 valence electrons. The molecule has 0 aliphatic heterocycles. The Bertz CT molecular complexity index is 588. The molecule has 1 rings (SSSR count). The Morgan fingerprint density at radius 1 is 0.857 bits per heavy atom. The standard InChI is InChI=1S/C20H30O8/c1-4-5-6-7-8-9-10-11-15-25-20(22)27-28-26-19(21)16-13-12-14-17(23-2)18(16)24-3/h12-14H,4-11,15H2,1-3H3. The number of benzene rings is 1. The van der Waals surface area contributed by atoms with Gasteiger partial charge in [0.25, 0.3) is 0 Å². The first kappa shape index (κ1) is 23.6. The summed E-state index contributed by atoms with van der Waals surface area (Å²) in [5.74, 6) is -0.384. The van der Waals surface area contributed by atoms with Crippen molar-refractivity contribution >= 4 is 12.1 Å². The van der Waals surface area contributed by atoms with Crippen LogP contribution in [0.3, 0.4) is 0 Å². The maximum Gasteiger partial charge on any atom is 0.543 e. The van der Waals surface area contributed by atoms with E-state index in [0.717, 1.165) is 19.3 Å². The van der Waals surface area contributed by atoms with E-state index in [9.17, 15) is 9.59 Å². The lowest BCUT2D eigenvalue weighted by molar-refractivity contribution is -0.452. The van der Waals surface area contributed by atoms with Gasteiger partial charge < -0.3 is 14.2 Å². The van der Waals surface area contributed by atoms with E-state index in [1.165, 1.54) is 52.4 Å². The van der Waals surface area contributed by atoms with Gasteiger partial charge in [-0.25, -0.2) is 14.5 Å². The van der Waals surface area contributed by atoms with Crippen LogP contribution in [0.15, 0.2) is 18.2 Å². The van der Waals surface area contributed by atoms with Gasteiger partial charge >= 0.3 is 12.1 Å². The molecule has 0 saturated carbocycles. The molecule has 0 amide bonds. The van der Waals surface area contributed by atoms with Crippen LogP contribution in [0.1, 0.15) is 68.6 Å². The minimum Gasteiger partial charge on any atom is -0.493 e. The van der Waals surface area contributed by atoms with Crippen molar-refractivity contribution < 1.29 is 38.6 Å². The van der Waals surface area contributed by atoms with Crippen molar-refractivity contribution in [2.24, 2.45) is 0 Å². The van der Waals surface area contributed by atoms with E-state index in [2.05, 4.69) is 21.7 Å². The van der Waals surface area contributed by atoms with Gasteiger partial charge in [-0.1, -0.05) is 57.9 Å². The zero-order valence-electron chi connectivity index (χ0n) is 16.9. The smallest absolute Gasteiger partial charge is 0.493 e. The predicted molar refractivity (Wildman–Crippen MR) is 101 cm³/mol. The van der Waals surface area contributed by atoms with Crippen LogP contribution in [0.5, 0.6) is 11.5 Å². The molecule has 0 aromatic heterocycles. The first-order valence-corrected chi connectivity index (χ1v) is 9.57. The van der Waals surface area contributed by atoms with Gasteiger partial charge in [-0.2, -0.15) is 0 Å². The summed E-state index contributed by atoms with van der Waals surface area (Å²) < 4.78 is 15.0. The Morgan fingerprint density at radius 2 is 1.54 bits per heavy atom. The Labute approximate surface area is 165 Å². The van der Waals surface area contributed by atoms with E-state index in [0.29, 0.717) is 5.75 Å². The summed E-state index contributed by atoms with van der Waals surface area (Å²) >= 11 is 0. The largest absolute Gasteiger partial charge is 0.543 e. The van der Waals surface area contributed by atoms with Crippen LogP contribution in [0.2, 0.25) is 0 Å². The number of carbonyl (C=O) groups excluding carboxylic acids is 2. The van der Waals surface area contributed by atoms with Crippen molar-refractivity contribution in [2.45, 2.75) is 58.3 Å². The molecule has 0 aliphatic rings. The lowest BCUT2D eigenvalue weighted by atomic mass is 10.1. The fourth-order valence-corrected chi connectivity index (χ4v) is 2.58. The van der Waals surface area contributed by atoms with Gasteiger partial charge in [-0.05, 0) is 18.6 Å². The molecule has 28 heavy (non-hydrogen) atoms. The van der Waals surface area contributed by atoms with Crippen molar-refractivity contribution in [3.8, 4) is 11.5 Å². The van der Waals surface area contributed by atoms with Gasteiger partial charge in [-0.3, -0.25) is 4.89 Å². The first-order valence-electron chi connectivity index (χ1n) is 9.57. The van der Waals surface area contributed by atoms with Crippen LogP contribution in [0.25, 0.3) is 0 Å². The maximum absolute atomic E-state index is 12.0. The highest BCUT2D eigenvalue weighted by atomic mass is 17.5. The molecule has 0 spiro atoms. The number of unbranched alkanes of at least 4 members (excludes halogenated alkanes) is 7. The second kappa shape index (κ2) is 14.6. The summed E-state index contributed by atoms with van der Waals surface area (Å²) in [7, 11) is 2.82. The number of carbonyl (C=O) groups is 2. The number of methoxy groups -OCH3 is 2. The molecule has 0 N–H and O–H groups in total. The van der Waals surface area contributed by atoms with Gasteiger partial charge in [0, 0.05) is 0 Å². The molecule has 0 radical (unpaired) electrons. The molecule has 0 bridgehead atoms. The minimum atomic E-state index is -1.08. The van der Waals surface area contributed by atoms with Gasteiger partial charge in [-0.15, -0.1) is 0 Å². The van der Waals surface area contributed by atoms with Gasteiger partial charge in [0.1, 0.15) is 5.56 Å². The van der Waals surface area contributed by atoms with E-state index >= 15 is 0 Å². The molecular weight excluding hydrogens is 368 g/mol. The van der Waals surface area contributed by atoms with Crippen LogP contribution in [-0.2, 0) is 19.6 Å². The van der Waals surface area contributed by atoms with Crippen molar-refractivity contribution in [2.75, 3.05) is 20.8 Å². The first-order chi connectivity index (χ1) is 13.6. The van der Waals surface area contributed by atoms with E-state index < -0.39 is 12.1 Å². The highest BCUT2D eigenvalue weighted by Gasteiger charge is 2.19. The second-order valence-electron chi connectivity index (χ2n) is 6.14. The Kier molecular flexibility index (Phi) is 12.3. The number of hydrogen-bond donors (Lipinski definition) is 0. The van der Waals surface area contributed by atoms with Gasteiger partial charge in [0.05, 0.1) is 25.9 Å². The quantitative estimate of drug-likeness (QED) is 0.187. The Balaban J connectivity index is 2.17. The minimum absolute atomic E-state index is 0.0535. The van der Waals surface area contributed by atoms with Crippen LogP contribution >= 0.6 is 0 Å². The zero-order valence-corrected chi connectivity index (χ0v) is 16.9. The average Bonchev–Trinajstić information content (AvgIpc) is 2.71. The SMILES string of the molecule is CCCCCCCCCCOC(=O)OOOC(=O)c1cccc(OC)c1OC. The van der Waals surface area contributed by atoms with Crippen LogP contribution < -0.4 is 9.47 Å². The third-order valence-electron chi connectivity index (χ3n) is 4.05. The molecule has 0 aliphatic carbocycles. The summed E-state index contributed by atoms with van der Waals surface area (Å²) in [4.78, 5) is 32.1. The predicted octanol–water partition coefficient (Wildman–Crippen LogP) is 5.00. The summed E-state index contributed by atoms with van der Waals surface area (Å²) in [6.45, 7) is 2.41. The molecule has 1 aromatic carbocycles. The summed E-state index contributed by atoms with van der Waals surface area (Å²) in [6, 6.07) is 4.65. The number of rotatable bonds is 14. The van der Waals surface area contributed by atoms with Crippen molar-refractivity contribution in [3.05, 3.63) is 23.8 Å². The molecule has 0 atom stereocenters. The normalized spacial score (nSPS) is 10.2. The molecular formula is C20H30O8. The topological polar surface area (TPSA) is 89.5 Å². The zero-order chi connectivity index (χ0) is 20.6.